The fourth-order valence-electron chi connectivity index (χ4n) is 2.45. The summed E-state index contributed by atoms with van der Waals surface area (Å²) in [4.78, 5) is 35.6. The number of benzene rings is 2. The monoisotopic (exact) mass is 343 g/mol. The van der Waals surface area contributed by atoms with Crippen LogP contribution in [0, 0.1) is 10.1 Å². The molecule has 0 saturated carbocycles. The largest absolute Gasteiger partial charge is 0.508 e. The highest BCUT2D eigenvalue weighted by Gasteiger charge is 2.27. The number of rotatable bonds is 4. The fourth-order valence-corrected chi connectivity index (χ4v) is 2.45. The number of ether oxygens (including phenoxy) is 1. The first kappa shape index (κ1) is 16.2. The Morgan fingerprint density at radius 1 is 1.32 bits per heavy atom. The molecule has 1 aliphatic heterocycles. The number of carbonyl (C=O) groups is 2. The zero-order chi connectivity index (χ0) is 18.0. The van der Waals surface area contributed by atoms with Gasteiger partial charge in [0.1, 0.15) is 12.3 Å². The maximum absolute atomic E-state index is 12.2. The van der Waals surface area contributed by atoms with Crippen molar-refractivity contribution in [3.63, 3.8) is 0 Å². The molecule has 0 fully saturated rings. The van der Waals surface area contributed by atoms with Crippen molar-refractivity contribution in [1.82, 2.24) is 0 Å². The Bertz CT molecular complexity index is 867. The molecule has 0 unspecified atom stereocenters. The van der Waals surface area contributed by atoms with E-state index < -0.39 is 16.8 Å². The third kappa shape index (κ3) is 3.66. The van der Waals surface area contributed by atoms with E-state index in [1.54, 1.807) is 12.1 Å². The first-order valence-corrected chi connectivity index (χ1v) is 7.25. The Morgan fingerprint density at radius 2 is 2.12 bits per heavy atom. The predicted molar refractivity (Wildman–Crippen MR) is 87.7 cm³/mol. The van der Waals surface area contributed by atoms with E-state index in [2.05, 4.69) is 5.32 Å². The normalized spacial score (nSPS) is 13.0. The third-order valence-electron chi connectivity index (χ3n) is 3.50. The van der Waals surface area contributed by atoms with E-state index in [1.165, 1.54) is 29.2 Å². The molecule has 2 aromatic rings. The minimum atomic E-state index is -0.613. The van der Waals surface area contributed by atoms with Crippen LogP contribution in [0.15, 0.2) is 42.5 Å². The van der Waals surface area contributed by atoms with Crippen molar-refractivity contribution in [2.75, 3.05) is 23.3 Å². The van der Waals surface area contributed by atoms with E-state index in [4.69, 9.17) is 4.74 Å². The summed E-state index contributed by atoms with van der Waals surface area (Å²) in [5.41, 5.74) is 0.613. The molecule has 25 heavy (non-hydrogen) atoms. The molecule has 0 saturated heterocycles. The number of amides is 1. The second kappa shape index (κ2) is 6.48. The van der Waals surface area contributed by atoms with E-state index in [9.17, 15) is 24.8 Å². The summed E-state index contributed by atoms with van der Waals surface area (Å²) in [6.07, 6.45) is 0. The van der Waals surface area contributed by atoms with Crippen LogP contribution in [-0.2, 0) is 9.59 Å². The highest BCUT2D eigenvalue weighted by atomic mass is 16.6. The molecule has 1 amide bonds. The zero-order valence-electron chi connectivity index (χ0n) is 12.8. The molecule has 9 heteroatoms. The van der Waals surface area contributed by atoms with Crippen LogP contribution in [0.2, 0.25) is 0 Å². The summed E-state index contributed by atoms with van der Waals surface area (Å²) in [5, 5.41) is 22.8. The summed E-state index contributed by atoms with van der Waals surface area (Å²) in [6, 6.07) is 9.91. The molecular formula is C16H13N3O6. The number of nitrogens with one attached hydrogen (secondary N) is 1. The van der Waals surface area contributed by atoms with Crippen LogP contribution in [0.4, 0.5) is 17.1 Å². The van der Waals surface area contributed by atoms with Crippen LogP contribution < -0.4 is 15.0 Å². The third-order valence-corrected chi connectivity index (χ3v) is 3.50. The van der Waals surface area contributed by atoms with Crippen molar-refractivity contribution < 1.29 is 24.4 Å². The van der Waals surface area contributed by atoms with Gasteiger partial charge >= 0.3 is 5.97 Å². The maximum Gasteiger partial charge on any atom is 0.331 e. The summed E-state index contributed by atoms with van der Waals surface area (Å²) < 4.78 is 5.02. The van der Waals surface area contributed by atoms with Crippen LogP contribution in [0.3, 0.4) is 0 Å². The molecular weight excluding hydrogens is 330 g/mol. The number of phenolic OH excluding ortho intramolecular Hbond substituents is 1. The Labute approximate surface area is 141 Å². The Hall–Kier alpha value is -3.62. The van der Waals surface area contributed by atoms with Gasteiger partial charge in [0, 0.05) is 17.8 Å². The molecule has 2 N–H and O–H groups in total. The molecule has 0 radical (unpaired) electrons. The minimum Gasteiger partial charge on any atom is -0.508 e. The molecule has 0 atom stereocenters. The lowest BCUT2D eigenvalue weighted by molar-refractivity contribution is -0.384. The van der Waals surface area contributed by atoms with Crippen LogP contribution in [0.1, 0.15) is 0 Å². The predicted octanol–water partition coefficient (Wildman–Crippen LogP) is 1.66. The summed E-state index contributed by atoms with van der Waals surface area (Å²) >= 11 is 0. The van der Waals surface area contributed by atoms with Crippen molar-refractivity contribution in [2.45, 2.75) is 0 Å². The highest BCUT2D eigenvalue weighted by molar-refractivity contribution is 5.96. The average molecular weight is 343 g/mol. The van der Waals surface area contributed by atoms with Crippen molar-refractivity contribution in [3.8, 4) is 11.5 Å². The molecule has 2 aromatic carbocycles. The molecule has 1 aliphatic rings. The van der Waals surface area contributed by atoms with Gasteiger partial charge in [0.2, 0.25) is 5.91 Å². The van der Waals surface area contributed by atoms with Crippen LogP contribution in [-0.4, -0.2) is 35.0 Å². The smallest absolute Gasteiger partial charge is 0.331 e. The van der Waals surface area contributed by atoms with E-state index in [0.29, 0.717) is 11.4 Å². The lowest BCUT2D eigenvalue weighted by Gasteiger charge is -2.28. The number of anilines is 2. The Morgan fingerprint density at radius 3 is 2.84 bits per heavy atom. The van der Waals surface area contributed by atoms with Gasteiger partial charge in [-0.15, -0.1) is 0 Å². The summed E-state index contributed by atoms with van der Waals surface area (Å²) in [6.45, 7) is -0.312. The van der Waals surface area contributed by atoms with Crippen molar-refractivity contribution >= 4 is 28.9 Å². The van der Waals surface area contributed by atoms with Crippen molar-refractivity contribution in [3.05, 3.63) is 52.6 Å². The lowest BCUT2D eigenvalue weighted by Crippen LogP contribution is -2.41. The quantitative estimate of drug-likeness (QED) is 0.375. The van der Waals surface area contributed by atoms with Crippen LogP contribution >= 0.6 is 0 Å². The number of phenols is 1. The van der Waals surface area contributed by atoms with E-state index in [0.717, 1.165) is 6.07 Å². The second-order valence-electron chi connectivity index (χ2n) is 5.34. The number of nitrogens with zero attached hydrogens (tertiary/aromatic N) is 2. The van der Waals surface area contributed by atoms with Crippen LogP contribution in [0.25, 0.3) is 0 Å². The Balaban J connectivity index is 1.78. The number of fused-ring (bicyclic) bond motifs is 1. The molecule has 0 aromatic heterocycles. The van der Waals surface area contributed by atoms with Gasteiger partial charge in [-0.1, -0.05) is 6.07 Å². The van der Waals surface area contributed by atoms with Crippen molar-refractivity contribution in [1.29, 1.82) is 0 Å². The first-order valence-electron chi connectivity index (χ1n) is 7.25. The molecule has 0 aliphatic carbocycles. The number of nitro groups is 1. The topological polar surface area (TPSA) is 122 Å². The molecule has 0 bridgehead atoms. The molecule has 9 nitrogen and oxygen atoms in total. The van der Waals surface area contributed by atoms with Gasteiger partial charge in [-0.05, 0) is 18.2 Å². The maximum atomic E-state index is 12.2. The summed E-state index contributed by atoms with van der Waals surface area (Å²) in [7, 11) is 0. The fraction of sp³-hybridized carbons (Fsp3) is 0.125. The van der Waals surface area contributed by atoms with E-state index in [1.807, 2.05) is 0 Å². The standard InChI is InChI=1S/C16H13N3O6/c20-12-3-1-2-10(6-12)17-15(21)8-18-9-16(22)25-14-7-11(19(23)24)4-5-13(14)18/h1-7,20H,8-9H2,(H,17,21). The molecule has 0 spiro atoms. The van der Waals surface area contributed by atoms with Gasteiger partial charge in [0.25, 0.3) is 5.69 Å². The van der Waals surface area contributed by atoms with Gasteiger partial charge in [-0.25, -0.2) is 4.79 Å². The molecule has 1 heterocycles. The number of non-ortho nitro benzene ring substituents is 1. The average Bonchev–Trinajstić information content (AvgIpc) is 2.53. The number of hydrogen-bond acceptors (Lipinski definition) is 7. The highest BCUT2D eigenvalue weighted by Crippen LogP contribution is 2.35. The van der Waals surface area contributed by atoms with Gasteiger partial charge in [0.05, 0.1) is 23.2 Å². The summed E-state index contributed by atoms with van der Waals surface area (Å²) in [5.74, 6) is -0.977. The van der Waals surface area contributed by atoms with Gasteiger partial charge in [-0.3, -0.25) is 14.9 Å². The van der Waals surface area contributed by atoms with Crippen LogP contribution in [0.5, 0.6) is 11.5 Å². The van der Waals surface area contributed by atoms with Gasteiger partial charge in [-0.2, -0.15) is 0 Å². The second-order valence-corrected chi connectivity index (χ2v) is 5.34. The number of carbonyl (C=O) groups excluding carboxylic acids is 2. The van der Waals surface area contributed by atoms with E-state index >= 15 is 0 Å². The number of aromatic hydroxyl groups is 1. The van der Waals surface area contributed by atoms with E-state index in [-0.39, 0.29) is 30.3 Å². The minimum absolute atomic E-state index is 0.0111. The SMILES string of the molecule is O=C(CN1CC(=O)Oc2cc([N+](=O)[O-])ccc21)Nc1cccc(O)c1. The molecule has 128 valence electrons. The van der Waals surface area contributed by atoms with Gasteiger partial charge < -0.3 is 20.1 Å². The zero-order valence-corrected chi connectivity index (χ0v) is 12.8. The Kier molecular flexibility index (Phi) is 4.21. The van der Waals surface area contributed by atoms with Crippen molar-refractivity contribution in [2.24, 2.45) is 0 Å². The first-order chi connectivity index (χ1) is 11.9. The van der Waals surface area contributed by atoms with Gasteiger partial charge in [0.15, 0.2) is 5.75 Å². The number of hydrogen-bond donors (Lipinski definition) is 2. The molecule has 3 rings (SSSR count). The number of nitro benzene ring substituents is 1. The number of esters is 1. The lowest BCUT2D eigenvalue weighted by atomic mass is 10.2.